The van der Waals surface area contributed by atoms with Gasteiger partial charge >= 0.3 is 0 Å². The summed E-state index contributed by atoms with van der Waals surface area (Å²) in [4.78, 5) is 17.5. The molecule has 1 aliphatic rings. The van der Waals surface area contributed by atoms with Gasteiger partial charge < -0.3 is 9.80 Å². The second-order valence-corrected chi connectivity index (χ2v) is 7.77. The van der Waals surface area contributed by atoms with Gasteiger partial charge in [-0.2, -0.15) is 10.2 Å². The van der Waals surface area contributed by atoms with E-state index in [9.17, 15) is 9.18 Å². The van der Waals surface area contributed by atoms with Crippen LogP contribution in [0.5, 0.6) is 0 Å². The van der Waals surface area contributed by atoms with E-state index in [1.807, 2.05) is 54.6 Å². The molecule has 162 valence electrons. The van der Waals surface area contributed by atoms with Gasteiger partial charge in [-0.1, -0.05) is 54.6 Å². The number of hydrogen-bond donors (Lipinski definition) is 0. The Morgan fingerprint density at radius 1 is 0.844 bits per heavy atom. The number of allylic oxidation sites excluding steroid dienone is 1. The number of benzene rings is 3. The van der Waals surface area contributed by atoms with Crippen molar-refractivity contribution >= 4 is 11.5 Å². The van der Waals surface area contributed by atoms with Crippen LogP contribution in [0.15, 0.2) is 101 Å². The number of azo groups is 1. The highest BCUT2D eigenvalue weighted by Gasteiger charge is 2.22. The van der Waals surface area contributed by atoms with E-state index in [0.29, 0.717) is 16.9 Å². The first kappa shape index (κ1) is 21.6. The number of carbonyl (C=O) groups excluding carboxylic acids is 1. The maximum Gasteiger partial charge on any atom is 0.210 e. The highest BCUT2D eigenvalue weighted by atomic mass is 19.1. The maximum atomic E-state index is 13.1. The zero-order chi connectivity index (χ0) is 22.3. The number of rotatable bonds is 6. The lowest BCUT2D eigenvalue weighted by Gasteiger charge is -2.34. The Labute approximate surface area is 187 Å². The Kier molecular flexibility index (Phi) is 6.82. The molecule has 1 aliphatic heterocycles. The summed E-state index contributed by atoms with van der Waals surface area (Å²) in [6, 6.07) is 23.2. The summed E-state index contributed by atoms with van der Waals surface area (Å²) in [5.41, 5.74) is 3.77. The molecule has 3 aromatic rings. The molecule has 1 heterocycles. The number of halogens is 1. The van der Waals surface area contributed by atoms with Crippen LogP contribution >= 0.6 is 0 Å². The van der Waals surface area contributed by atoms with Crippen LogP contribution in [-0.4, -0.2) is 48.8 Å². The third kappa shape index (κ3) is 5.34. The molecule has 0 N–H and O–H groups in total. The third-order valence-corrected chi connectivity index (χ3v) is 5.51. The predicted molar refractivity (Wildman–Crippen MR) is 124 cm³/mol. The lowest BCUT2D eigenvalue weighted by atomic mass is 10.1. The molecule has 3 aromatic carbocycles. The van der Waals surface area contributed by atoms with E-state index < -0.39 is 0 Å². The predicted octanol–water partition coefficient (Wildman–Crippen LogP) is 5.55. The molecular formula is C26H25FN4O. The van der Waals surface area contributed by atoms with Crippen molar-refractivity contribution < 1.29 is 9.18 Å². The summed E-state index contributed by atoms with van der Waals surface area (Å²) >= 11 is 0. The van der Waals surface area contributed by atoms with Crippen LogP contribution in [0, 0.1) is 5.82 Å². The van der Waals surface area contributed by atoms with Gasteiger partial charge in [-0.25, -0.2) is 4.39 Å². The number of nitrogens with zero attached hydrogens (tertiary/aromatic N) is 4. The minimum Gasteiger partial charge on any atom is -0.364 e. The molecule has 6 heteroatoms. The highest BCUT2D eigenvalue weighted by molar-refractivity contribution is 6.08. The fraction of sp³-hybridized carbons (Fsp3) is 0.192. The van der Waals surface area contributed by atoms with Crippen LogP contribution in [0.4, 0.5) is 10.1 Å². The quantitative estimate of drug-likeness (QED) is 0.294. The Morgan fingerprint density at radius 3 is 2.06 bits per heavy atom. The van der Waals surface area contributed by atoms with E-state index in [2.05, 4.69) is 27.1 Å². The molecule has 0 unspecified atom stereocenters. The summed E-state index contributed by atoms with van der Waals surface area (Å²) in [6.07, 6.45) is 1.56. The van der Waals surface area contributed by atoms with E-state index in [0.717, 1.165) is 37.3 Å². The molecule has 0 aliphatic carbocycles. The second kappa shape index (κ2) is 10.1. The van der Waals surface area contributed by atoms with Crippen molar-refractivity contribution in [3.05, 3.63) is 102 Å². The van der Waals surface area contributed by atoms with Crippen LogP contribution < -0.4 is 0 Å². The fourth-order valence-electron chi connectivity index (χ4n) is 3.58. The molecule has 0 aromatic heterocycles. The van der Waals surface area contributed by atoms with Crippen LogP contribution in [0.25, 0.3) is 11.1 Å². The first-order valence-corrected chi connectivity index (χ1v) is 10.6. The molecule has 32 heavy (non-hydrogen) atoms. The molecule has 5 nitrogen and oxygen atoms in total. The molecule has 1 fully saturated rings. The first-order valence-electron chi connectivity index (χ1n) is 10.6. The first-order chi connectivity index (χ1) is 15.6. The Hall–Kier alpha value is -3.64. The molecule has 4 rings (SSSR count). The average Bonchev–Trinajstić information content (AvgIpc) is 2.84. The van der Waals surface area contributed by atoms with Crippen molar-refractivity contribution in [1.29, 1.82) is 0 Å². The van der Waals surface area contributed by atoms with Crippen molar-refractivity contribution in [2.24, 2.45) is 10.2 Å². The third-order valence-electron chi connectivity index (χ3n) is 5.51. The van der Waals surface area contributed by atoms with Crippen LogP contribution in [0.3, 0.4) is 0 Å². The highest BCUT2D eigenvalue weighted by Crippen LogP contribution is 2.23. The monoisotopic (exact) mass is 428 g/mol. The Bertz CT molecular complexity index is 1100. The molecular weight excluding hydrogens is 403 g/mol. The van der Waals surface area contributed by atoms with Gasteiger partial charge in [-0.3, -0.25) is 4.79 Å². The van der Waals surface area contributed by atoms with Gasteiger partial charge in [-0.15, -0.1) is 0 Å². The molecule has 0 spiro atoms. The van der Waals surface area contributed by atoms with E-state index >= 15 is 0 Å². The van der Waals surface area contributed by atoms with Crippen LogP contribution in [-0.2, 0) is 0 Å². The van der Waals surface area contributed by atoms with E-state index in [1.165, 1.54) is 12.1 Å². The normalized spacial score (nSPS) is 15.3. The summed E-state index contributed by atoms with van der Waals surface area (Å²) < 4.78 is 13.1. The number of Topliss-reactive ketones (excluding diaryl/α,β-unsaturated/α-hetero) is 1. The van der Waals surface area contributed by atoms with Gasteiger partial charge in [0.15, 0.2) is 0 Å². The molecule has 1 saturated heterocycles. The Morgan fingerprint density at radius 2 is 1.44 bits per heavy atom. The van der Waals surface area contributed by atoms with Crippen molar-refractivity contribution in [3.63, 3.8) is 0 Å². The smallest absolute Gasteiger partial charge is 0.210 e. The van der Waals surface area contributed by atoms with Crippen LogP contribution in [0.2, 0.25) is 0 Å². The number of carbonyl (C=O) groups is 1. The zero-order valence-electron chi connectivity index (χ0n) is 18.0. The van der Waals surface area contributed by atoms with Gasteiger partial charge in [0.25, 0.3) is 0 Å². The van der Waals surface area contributed by atoms with Crippen molar-refractivity contribution in [2.45, 2.75) is 0 Å². The van der Waals surface area contributed by atoms with Gasteiger partial charge in [0.2, 0.25) is 5.78 Å². The van der Waals surface area contributed by atoms with E-state index in [1.54, 1.807) is 18.3 Å². The number of hydrogen-bond acceptors (Lipinski definition) is 5. The molecule has 0 bridgehead atoms. The van der Waals surface area contributed by atoms with E-state index in [4.69, 9.17) is 0 Å². The summed E-state index contributed by atoms with van der Waals surface area (Å²) in [5, 5.41) is 8.51. The van der Waals surface area contributed by atoms with Gasteiger partial charge in [0.05, 0.1) is 11.9 Å². The van der Waals surface area contributed by atoms with Crippen molar-refractivity contribution in [3.8, 4) is 11.1 Å². The topological polar surface area (TPSA) is 48.3 Å². The number of ketones is 1. The number of likely N-dealkylation sites (N-methyl/N-ethyl adjacent to an activating group) is 1. The summed E-state index contributed by atoms with van der Waals surface area (Å²) in [6.45, 7) is 3.31. The lowest BCUT2D eigenvalue weighted by Crippen LogP contribution is -2.45. The van der Waals surface area contributed by atoms with Gasteiger partial charge in [0, 0.05) is 31.7 Å². The minimum absolute atomic E-state index is 0.0549. The Balaban J connectivity index is 1.53. The minimum atomic E-state index is -0.257. The standard InChI is InChI=1S/C26H25FN4O/c1-30-15-17-31(18-16-30)25(26(32)22-5-3-2-4-6-22)19-28-29-24-13-9-21(10-14-24)20-7-11-23(27)12-8-20/h2-14,19H,15-18H2,1H3/b25-19-,29-28?. The van der Waals surface area contributed by atoms with Crippen LogP contribution in [0.1, 0.15) is 10.4 Å². The lowest BCUT2D eigenvalue weighted by molar-refractivity contribution is 0.0962. The SMILES string of the molecule is CN1CCN(/C(=C\N=Nc2ccc(-c3ccc(F)cc3)cc2)C(=O)c2ccccc2)CC1. The fourth-order valence-corrected chi connectivity index (χ4v) is 3.58. The van der Waals surface area contributed by atoms with Crippen molar-refractivity contribution in [2.75, 3.05) is 33.2 Å². The maximum absolute atomic E-state index is 13.1. The molecule has 0 atom stereocenters. The molecule has 0 radical (unpaired) electrons. The molecule has 0 saturated carbocycles. The largest absolute Gasteiger partial charge is 0.364 e. The van der Waals surface area contributed by atoms with Gasteiger partial charge in [0.1, 0.15) is 11.5 Å². The molecule has 0 amide bonds. The van der Waals surface area contributed by atoms with Gasteiger partial charge in [-0.05, 0) is 42.4 Å². The summed E-state index contributed by atoms with van der Waals surface area (Å²) in [5.74, 6) is -0.312. The second-order valence-electron chi connectivity index (χ2n) is 7.77. The summed E-state index contributed by atoms with van der Waals surface area (Å²) in [7, 11) is 2.08. The van der Waals surface area contributed by atoms with Crippen molar-refractivity contribution in [1.82, 2.24) is 9.80 Å². The van der Waals surface area contributed by atoms with E-state index in [-0.39, 0.29) is 11.6 Å². The zero-order valence-corrected chi connectivity index (χ0v) is 18.0. The number of piperazine rings is 1. The average molecular weight is 429 g/mol.